The molecule has 0 N–H and O–H groups in total. The topological polar surface area (TPSA) is 68.5 Å². The summed E-state index contributed by atoms with van der Waals surface area (Å²) in [6.45, 7) is 0. The third kappa shape index (κ3) is 5.97. The van der Waals surface area contributed by atoms with E-state index in [0.717, 1.165) is 11.1 Å². The maximum atomic E-state index is 12.2. The van der Waals surface area contributed by atoms with Crippen LogP contribution < -0.4 is 14.2 Å². The van der Waals surface area contributed by atoms with Crippen LogP contribution in [0, 0.1) is 11.3 Å². The van der Waals surface area contributed by atoms with Gasteiger partial charge in [0.05, 0.1) is 25.9 Å². The highest BCUT2D eigenvalue weighted by Gasteiger charge is 2.09. The Morgan fingerprint density at radius 3 is 2.42 bits per heavy atom. The number of carbonyl (C=O) groups is 1. The molecule has 0 radical (unpaired) electrons. The van der Waals surface area contributed by atoms with Gasteiger partial charge in [-0.25, -0.2) is 0 Å². The van der Waals surface area contributed by atoms with E-state index in [0.29, 0.717) is 41.2 Å². The molecule has 0 aliphatic rings. The Balaban J connectivity index is 1.73. The number of carbonyl (C=O) groups excluding carboxylic acids is 1. The maximum absolute atomic E-state index is 12.2. The number of hydrogen-bond acceptors (Lipinski definition) is 5. The second kappa shape index (κ2) is 10.7. The Kier molecular flexibility index (Phi) is 7.45. The SMILES string of the molecule is COc1ccc(/C(C#N)=C\c2cccc(OC(=O)CCc3ccccc3)c2)cc1OC. The largest absolute Gasteiger partial charge is 0.493 e. The number of aryl methyl sites for hydroxylation is 1. The smallest absolute Gasteiger partial charge is 0.311 e. The molecule has 0 heterocycles. The molecule has 0 fully saturated rings. The van der Waals surface area contributed by atoms with Crippen LogP contribution in [0.1, 0.15) is 23.1 Å². The van der Waals surface area contributed by atoms with Crippen molar-refractivity contribution in [1.29, 1.82) is 5.26 Å². The van der Waals surface area contributed by atoms with Crippen molar-refractivity contribution in [2.24, 2.45) is 0 Å². The van der Waals surface area contributed by atoms with Gasteiger partial charge in [0.15, 0.2) is 11.5 Å². The van der Waals surface area contributed by atoms with E-state index in [1.807, 2.05) is 36.4 Å². The number of rotatable bonds is 8. The van der Waals surface area contributed by atoms with E-state index < -0.39 is 0 Å². The Hall–Kier alpha value is -4.04. The second-order valence-electron chi connectivity index (χ2n) is 6.77. The molecule has 0 saturated carbocycles. The van der Waals surface area contributed by atoms with Gasteiger partial charge in [0.25, 0.3) is 0 Å². The number of hydrogen-bond donors (Lipinski definition) is 0. The van der Waals surface area contributed by atoms with Crippen LogP contribution in [0.15, 0.2) is 72.8 Å². The van der Waals surface area contributed by atoms with Crippen molar-refractivity contribution in [3.05, 3.63) is 89.5 Å². The Morgan fingerprint density at radius 1 is 0.935 bits per heavy atom. The Bertz CT molecular complexity index is 1110. The summed E-state index contributed by atoms with van der Waals surface area (Å²) in [4.78, 5) is 12.2. The van der Waals surface area contributed by atoms with Gasteiger partial charge in [-0.3, -0.25) is 4.79 Å². The second-order valence-corrected chi connectivity index (χ2v) is 6.77. The minimum absolute atomic E-state index is 0.291. The van der Waals surface area contributed by atoms with Crippen molar-refractivity contribution < 1.29 is 19.0 Å². The molecule has 31 heavy (non-hydrogen) atoms. The molecule has 0 aliphatic carbocycles. The van der Waals surface area contributed by atoms with E-state index >= 15 is 0 Å². The van der Waals surface area contributed by atoms with Crippen LogP contribution in [0.25, 0.3) is 11.6 Å². The summed E-state index contributed by atoms with van der Waals surface area (Å²) < 4.78 is 16.0. The first-order valence-corrected chi connectivity index (χ1v) is 9.82. The number of benzene rings is 3. The summed E-state index contributed by atoms with van der Waals surface area (Å²) in [6.07, 6.45) is 2.65. The first kappa shape index (κ1) is 21.7. The number of nitrogens with zero attached hydrogens (tertiary/aromatic N) is 1. The number of methoxy groups -OCH3 is 2. The van der Waals surface area contributed by atoms with Gasteiger partial charge in [-0.1, -0.05) is 42.5 Å². The van der Waals surface area contributed by atoms with Gasteiger partial charge < -0.3 is 14.2 Å². The average molecular weight is 413 g/mol. The fraction of sp³-hybridized carbons (Fsp3) is 0.154. The van der Waals surface area contributed by atoms with Gasteiger partial charge in [0.1, 0.15) is 5.75 Å². The highest BCUT2D eigenvalue weighted by molar-refractivity contribution is 5.90. The van der Waals surface area contributed by atoms with Crippen molar-refractivity contribution in [2.45, 2.75) is 12.8 Å². The van der Waals surface area contributed by atoms with Gasteiger partial charge in [-0.15, -0.1) is 0 Å². The molecule has 3 aromatic rings. The number of nitriles is 1. The highest BCUT2D eigenvalue weighted by Crippen LogP contribution is 2.31. The average Bonchev–Trinajstić information content (AvgIpc) is 2.81. The molecule has 0 saturated heterocycles. The van der Waals surface area contributed by atoms with E-state index in [1.54, 1.807) is 56.7 Å². The lowest BCUT2D eigenvalue weighted by Crippen LogP contribution is -2.09. The van der Waals surface area contributed by atoms with Crippen LogP contribution in [-0.2, 0) is 11.2 Å². The zero-order valence-electron chi connectivity index (χ0n) is 17.5. The molecule has 5 heteroatoms. The summed E-state index contributed by atoms with van der Waals surface area (Å²) in [7, 11) is 3.11. The van der Waals surface area contributed by atoms with Gasteiger partial charge in [-0.05, 0) is 59.5 Å². The standard InChI is InChI=1S/C26H23NO4/c1-29-24-13-12-21(17-25(24)30-2)22(18-27)15-20-9-6-10-23(16-20)31-26(28)14-11-19-7-4-3-5-8-19/h3-10,12-13,15-17H,11,14H2,1-2H3/b22-15-. The number of ether oxygens (including phenoxy) is 3. The Morgan fingerprint density at radius 2 is 1.71 bits per heavy atom. The summed E-state index contributed by atoms with van der Waals surface area (Å²) >= 11 is 0. The predicted octanol–water partition coefficient (Wildman–Crippen LogP) is 5.31. The summed E-state index contributed by atoms with van der Waals surface area (Å²) in [5.74, 6) is 1.27. The van der Waals surface area contributed by atoms with Crippen molar-refractivity contribution in [1.82, 2.24) is 0 Å². The molecule has 0 aliphatic heterocycles. The van der Waals surface area contributed by atoms with E-state index in [1.165, 1.54) is 0 Å². The minimum atomic E-state index is -0.301. The number of esters is 1. The molecule has 0 spiro atoms. The molecule has 0 bridgehead atoms. The predicted molar refractivity (Wildman–Crippen MR) is 120 cm³/mol. The van der Waals surface area contributed by atoms with Gasteiger partial charge >= 0.3 is 5.97 Å². The molecular weight excluding hydrogens is 390 g/mol. The normalized spacial score (nSPS) is 10.8. The summed E-state index contributed by atoms with van der Waals surface area (Å²) in [5, 5.41) is 9.65. The van der Waals surface area contributed by atoms with Gasteiger partial charge in [0.2, 0.25) is 0 Å². The maximum Gasteiger partial charge on any atom is 0.311 e. The molecule has 0 amide bonds. The third-order valence-electron chi connectivity index (χ3n) is 4.68. The molecule has 0 unspecified atom stereocenters. The fourth-order valence-corrected chi connectivity index (χ4v) is 3.09. The minimum Gasteiger partial charge on any atom is -0.493 e. The van der Waals surface area contributed by atoms with Crippen molar-refractivity contribution in [3.63, 3.8) is 0 Å². The van der Waals surface area contributed by atoms with Crippen LogP contribution in [0.5, 0.6) is 17.2 Å². The van der Waals surface area contributed by atoms with Crippen LogP contribution in [0.4, 0.5) is 0 Å². The number of allylic oxidation sites excluding steroid dienone is 1. The van der Waals surface area contributed by atoms with Crippen molar-refractivity contribution >= 4 is 17.6 Å². The van der Waals surface area contributed by atoms with E-state index in [9.17, 15) is 10.1 Å². The fourth-order valence-electron chi connectivity index (χ4n) is 3.09. The molecular formula is C26H23NO4. The molecule has 156 valence electrons. The van der Waals surface area contributed by atoms with Crippen LogP contribution in [0.2, 0.25) is 0 Å². The zero-order chi connectivity index (χ0) is 22.1. The van der Waals surface area contributed by atoms with E-state index in [2.05, 4.69) is 6.07 Å². The van der Waals surface area contributed by atoms with Crippen molar-refractivity contribution in [2.75, 3.05) is 14.2 Å². The Labute approximate surface area is 182 Å². The molecule has 3 aromatic carbocycles. The third-order valence-corrected chi connectivity index (χ3v) is 4.68. The summed E-state index contributed by atoms with van der Waals surface area (Å²) in [5.41, 5.74) is 2.99. The molecule has 5 nitrogen and oxygen atoms in total. The van der Waals surface area contributed by atoms with Crippen LogP contribution in [0.3, 0.4) is 0 Å². The van der Waals surface area contributed by atoms with E-state index in [-0.39, 0.29) is 5.97 Å². The first-order chi connectivity index (χ1) is 15.1. The van der Waals surface area contributed by atoms with Crippen LogP contribution >= 0.6 is 0 Å². The summed E-state index contributed by atoms with van der Waals surface area (Å²) in [6, 6.07) is 24.4. The van der Waals surface area contributed by atoms with E-state index in [4.69, 9.17) is 14.2 Å². The quantitative estimate of drug-likeness (QED) is 0.217. The van der Waals surface area contributed by atoms with Gasteiger partial charge in [0, 0.05) is 6.42 Å². The van der Waals surface area contributed by atoms with Gasteiger partial charge in [-0.2, -0.15) is 5.26 Å². The molecule has 3 rings (SSSR count). The highest BCUT2D eigenvalue weighted by atomic mass is 16.5. The molecule has 0 aromatic heterocycles. The lowest BCUT2D eigenvalue weighted by molar-refractivity contribution is -0.134. The first-order valence-electron chi connectivity index (χ1n) is 9.82. The van der Waals surface area contributed by atoms with Crippen LogP contribution in [-0.4, -0.2) is 20.2 Å². The zero-order valence-corrected chi connectivity index (χ0v) is 17.5. The monoisotopic (exact) mass is 413 g/mol. The van der Waals surface area contributed by atoms with Crippen molar-refractivity contribution in [3.8, 4) is 23.3 Å². The molecule has 0 atom stereocenters. The lowest BCUT2D eigenvalue weighted by Gasteiger charge is -2.09. The lowest BCUT2D eigenvalue weighted by atomic mass is 10.0.